The molecule has 150 valence electrons. The van der Waals surface area contributed by atoms with Crippen molar-refractivity contribution >= 4 is 17.5 Å². The predicted octanol–water partition coefficient (Wildman–Crippen LogP) is 4.13. The van der Waals surface area contributed by atoms with Gasteiger partial charge < -0.3 is 15.4 Å². The van der Waals surface area contributed by atoms with Crippen LogP contribution in [-0.2, 0) is 6.42 Å². The van der Waals surface area contributed by atoms with Gasteiger partial charge in [-0.25, -0.2) is 9.97 Å². The van der Waals surface area contributed by atoms with Crippen molar-refractivity contribution in [1.29, 1.82) is 0 Å². The first kappa shape index (κ1) is 20.3. The third-order valence-corrected chi connectivity index (χ3v) is 4.66. The SMILES string of the molecule is COc1ccc(CCNC(=O)c2cc(C)nc(Nc3c(C)cccc3C)n2)cc1. The zero-order valence-corrected chi connectivity index (χ0v) is 17.2. The van der Waals surface area contributed by atoms with Gasteiger partial charge >= 0.3 is 0 Å². The lowest BCUT2D eigenvalue weighted by molar-refractivity contribution is 0.0949. The van der Waals surface area contributed by atoms with Crippen LogP contribution in [0.5, 0.6) is 5.75 Å². The minimum absolute atomic E-state index is 0.214. The number of hydrogen-bond donors (Lipinski definition) is 2. The predicted molar refractivity (Wildman–Crippen MR) is 115 cm³/mol. The molecule has 0 unspecified atom stereocenters. The molecule has 3 rings (SSSR count). The van der Waals surface area contributed by atoms with Crippen molar-refractivity contribution in [3.63, 3.8) is 0 Å². The molecule has 0 aliphatic heterocycles. The molecule has 0 bridgehead atoms. The molecule has 0 saturated carbocycles. The lowest BCUT2D eigenvalue weighted by Gasteiger charge is -2.13. The van der Waals surface area contributed by atoms with Gasteiger partial charge in [0.2, 0.25) is 5.95 Å². The standard InChI is InChI=1S/C23H26N4O2/c1-15-6-5-7-16(2)21(15)27-23-25-17(3)14-20(26-23)22(28)24-13-12-18-8-10-19(29-4)11-9-18/h5-11,14H,12-13H2,1-4H3,(H,24,28)(H,25,26,27). The second-order valence-corrected chi connectivity index (χ2v) is 6.96. The molecule has 6 heteroatoms. The molecule has 1 aromatic heterocycles. The molecule has 1 amide bonds. The van der Waals surface area contributed by atoms with Crippen molar-refractivity contribution in [2.24, 2.45) is 0 Å². The highest BCUT2D eigenvalue weighted by Gasteiger charge is 2.12. The number of rotatable bonds is 7. The number of aromatic nitrogens is 2. The smallest absolute Gasteiger partial charge is 0.270 e. The van der Waals surface area contributed by atoms with Crippen LogP contribution in [-0.4, -0.2) is 29.5 Å². The van der Waals surface area contributed by atoms with Crippen molar-refractivity contribution in [2.45, 2.75) is 27.2 Å². The number of amides is 1. The molecule has 1 heterocycles. The number of carbonyl (C=O) groups is 1. The van der Waals surface area contributed by atoms with Gasteiger partial charge in [-0.1, -0.05) is 30.3 Å². The molecule has 2 N–H and O–H groups in total. The molecule has 0 saturated heterocycles. The molecule has 2 aromatic carbocycles. The van der Waals surface area contributed by atoms with Gasteiger partial charge in [0.25, 0.3) is 5.91 Å². The number of methoxy groups -OCH3 is 1. The van der Waals surface area contributed by atoms with E-state index < -0.39 is 0 Å². The molecule has 3 aromatic rings. The zero-order chi connectivity index (χ0) is 20.8. The van der Waals surface area contributed by atoms with E-state index in [1.807, 2.05) is 63.2 Å². The van der Waals surface area contributed by atoms with Gasteiger partial charge in [0.05, 0.1) is 7.11 Å². The number of carbonyl (C=O) groups excluding carboxylic acids is 1. The second-order valence-electron chi connectivity index (χ2n) is 6.96. The quantitative estimate of drug-likeness (QED) is 0.634. The van der Waals surface area contributed by atoms with E-state index in [1.54, 1.807) is 13.2 Å². The fourth-order valence-corrected chi connectivity index (χ4v) is 3.07. The number of nitrogens with zero attached hydrogens (tertiary/aromatic N) is 2. The van der Waals surface area contributed by atoms with Crippen LogP contribution in [0, 0.1) is 20.8 Å². The van der Waals surface area contributed by atoms with Crippen LogP contribution in [0.4, 0.5) is 11.6 Å². The van der Waals surface area contributed by atoms with Crippen LogP contribution in [0.2, 0.25) is 0 Å². The zero-order valence-electron chi connectivity index (χ0n) is 17.2. The normalized spacial score (nSPS) is 10.5. The topological polar surface area (TPSA) is 76.1 Å². The Kier molecular flexibility index (Phi) is 6.44. The number of ether oxygens (including phenoxy) is 1. The Bertz CT molecular complexity index is 980. The number of aryl methyl sites for hydroxylation is 3. The van der Waals surface area contributed by atoms with Crippen molar-refractivity contribution < 1.29 is 9.53 Å². The van der Waals surface area contributed by atoms with Gasteiger partial charge in [-0.2, -0.15) is 0 Å². The van der Waals surface area contributed by atoms with E-state index >= 15 is 0 Å². The lowest BCUT2D eigenvalue weighted by atomic mass is 10.1. The first-order valence-electron chi connectivity index (χ1n) is 9.56. The summed E-state index contributed by atoms with van der Waals surface area (Å²) >= 11 is 0. The summed E-state index contributed by atoms with van der Waals surface area (Å²) in [6, 6.07) is 15.6. The van der Waals surface area contributed by atoms with Gasteiger partial charge in [0, 0.05) is 17.9 Å². The van der Waals surface area contributed by atoms with Crippen molar-refractivity contribution in [3.05, 3.63) is 76.6 Å². The highest BCUT2D eigenvalue weighted by atomic mass is 16.5. The van der Waals surface area contributed by atoms with E-state index in [9.17, 15) is 4.79 Å². The van der Waals surface area contributed by atoms with Crippen LogP contribution in [0.1, 0.15) is 32.9 Å². The third kappa shape index (κ3) is 5.31. The maximum absolute atomic E-state index is 12.6. The number of para-hydroxylation sites is 1. The Balaban J connectivity index is 1.66. The monoisotopic (exact) mass is 390 g/mol. The number of nitrogens with one attached hydrogen (secondary N) is 2. The molecule has 6 nitrogen and oxygen atoms in total. The van der Waals surface area contributed by atoms with Gasteiger partial charge in [0.1, 0.15) is 11.4 Å². The molecular weight excluding hydrogens is 364 g/mol. The fourth-order valence-electron chi connectivity index (χ4n) is 3.07. The van der Waals surface area contributed by atoms with Crippen LogP contribution < -0.4 is 15.4 Å². The van der Waals surface area contributed by atoms with Crippen LogP contribution in [0.3, 0.4) is 0 Å². The molecule has 0 aliphatic carbocycles. The summed E-state index contributed by atoms with van der Waals surface area (Å²) in [6.07, 6.45) is 0.729. The molecule has 0 aliphatic rings. The maximum atomic E-state index is 12.6. The maximum Gasteiger partial charge on any atom is 0.270 e. The number of hydrogen-bond acceptors (Lipinski definition) is 5. The Morgan fingerprint density at radius 3 is 2.34 bits per heavy atom. The Morgan fingerprint density at radius 1 is 1.00 bits per heavy atom. The summed E-state index contributed by atoms with van der Waals surface area (Å²) < 4.78 is 5.16. The summed E-state index contributed by atoms with van der Waals surface area (Å²) in [7, 11) is 1.64. The summed E-state index contributed by atoms with van der Waals surface area (Å²) in [6.45, 7) is 6.43. The molecular formula is C23H26N4O2. The minimum atomic E-state index is -0.214. The highest BCUT2D eigenvalue weighted by Crippen LogP contribution is 2.22. The van der Waals surface area contributed by atoms with Crippen molar-refractivity contribution in [3.8, 4) is 5.75 Å². The Hall–Kier alpha value is -3.41. The van der Waals surface area contributed by atoms with Crippen LogP contribution in [0.25, 0.3) is 0 Å². The minimum Gasteiger partial charge on any atom is -0.497 e. The average molecular weight is 390 g/mol. The first-order chi connectivity index (χ1) is 14.0. The van der Waals surface area contributed by atoms with E-state index in [-0.39, 0.29) is 5.91 Å². The van der Waals surface area contributed by atoms with Gasteiger partial charge in [-0.05, 0) is 62.1 Å². The Labute approximate surface area is 171 Å². The summed E-state index contributed by atoms with van der Waals surface area (Å²) in [4.78, 5) is 21.4. The first-order valence-corrected chi connectivity index (χ1v) is 9.56. The number of anilines is 2. The van der Waals surface area contributed by atoms with Crippen LogP contribution >= 0.6 is 0 Å². The van der Waals surface area contributed by atoms with Gasteiger partial charge in [0.15, 0.2) is 0 Å². The molecule has 0 atom stereocenters. The highest BCUT2D eigenvalue weighted by molar-refractivity contribution is 5.92. The molecule has 0 fully saturated rings. The van der Waals surface area contributed by atoms with Gasteiger partial charge in [-0.3, -0.25) is 4.79 Å². The largest absolute Gasteiger partial charge is 0.497 e. The van der Waals surface area contributed by atoms with Crippen LogP contribution in [0.15, 0.2) is 48.5 Å². The number of benzene rings is 2. The van der Waals surface area contributed by atoms with E-state index in [0.717, 1.165) is 40.2 Å². The third-order valence-electron chi connectivity index (χ3n) is 4.66. The van der Waals surface area contributed by atoms with Gasteiger partial charge in [-0.15, -0.1) is 0 Å². The molecule has 0 spiro atoms. The summed E-state index contributed by atoms with van der Waals surface area (Å²) in [5, 5.41) is 6.18. The summed E-state index contributed by atoms with van der Waals surface area (Å²) in [5.41, 5.74) is 5.36. The van der Waals surface area contributed by atoms with E-state index in [2.05, 4.69) is 20.6 Å². The second kappa shape index (κ2) is 9.19. The Morgan fingerprint density at radius 2 is 1.69 bits per heavy atom. The molecule has 0 radical (unpaired) electrons. The molecule has 29 heavy (non-hydrogen) atoms. The van der Waals surface area contributed by atoms with E-state index in [4.69, 9.17) is 4.74 Å². The van der Waals surface area contributed by atoms with Crippen molar-refractivity contribution in [2.75, 3.05) is 19.0 Å². The lowest BCUT2D eigenvalue weighted by Crippen LogP contribution is -2.27. The fraction of sp³-hybridized carbons (Fsp3) is 0.261. The van der Waals surface area contributed by atoms with E-state index in [0.29, 0.717) is 18.2 Å². The van der Waals surface area contributed by atoms with E-state index in [1.165, 1.54) is 0 Å². The summed E-state index contributed by atoms with van der Waals surface area (Å²) in [5.74, 6) is 1.02. The van der Waals surface area contributed by atoms with Crippen molar-refractivity contribution in [1.82, 2.24) is 15.3 Å². The average Bonchev–Trinajstić information content (AvgIpc) is 2.71.